The molecule has 0 unspecified atom stereocenters. The summed E-state index contributed by atoms with van der Waals surface area (Å²) in [5.41, 5.74) is 3.10. The summed E-state index contributed by atoms with van der Waals surface area (Å²) in [5.74, 6) is 0.215. The summed E-state index contributed by atoms with van der Waals surface area (Å²) < 4.78 is 30.5. The molecule has 3 aromatic rings. The van der Waals surface area contributed by atoms with Crippen LogP contribution in [0.3, 0.4) is 0 Å². The number of thioether (sulfide) groups is 1. The number of aryl methyl sites for hydroxylation is 1. The maximum atomic E-state index is 12.2. The van der Waals surface area contributed by atoms with E-state index >= 15 is 0 Å². The fourth-order valence-electron chi connectivity index (χ4n) is 2.90. The number of benzene rings is 2. The first-order valence-corrected chi connectivity index (χ1v) is 10.5. The second-order valence-corrected chi connectivity index (χ2v) is 7.32. The Morgan fingerprint density at radius 2 is 1.97 bits per heavy atom. The quantitative estimate of drug-likeness (QED) is 0.493. The van der Waals surface area contributed by atoms with Crippen LogP contribution in [0.2, 0.25) is 0 Å². The Labute approximate surface area is 177 Å². The van der Waals surface area contributed by atoms with Crippen molar-refractivity contribution in [3.63, 3.8) is 0 Å². The van der Waals surface area contributed by atoms with Crippen molar-refractivity contribution in [2.24, 2.45) is 0 Å². The maximum absolute atomic E-state index is 12.2. The summed E-state index contributed by atoms with van der Waals surface area (Å²) in [5, 5.41) is 11.6. The Morgan fingerprint density at radius 1 is 1.20 bits per heavy atom. The van der Waals surface area contributed by atoms with Crippen molar-refractivity contribution < 1.29 is 18.3 Å². The van der Waals surface area contributed by atoms with E-state index in [4.69, 9.17) is 0 Å². The second-order valence-electron chi connectivity index (χ2n) is 6.38. The molecule has 0 aliphatic carbocycles. The summed E-state index contributed by atoms with van der Waals surface area (Å²) in [4.78, 5) is 12.2. The lowest BCUT2D eigenvalue weighted by atomic mass is 10.1. The molecule has 0 atom stereocenters. The van der Waals surface area contributed by atoms with Gasteiger partial charge >= 0.3 is 6.61 Å². The molecule has 0 aliphatic rings. The van der Waals surface area contributed by atoms with Crippen LogP contribution >= 0.6 is 11.8 Å². The smallest absolute Gasteiger partial charge is 0.387 e. The molecule has 1 amide bonds. The zero-order valence-electron chi connectivity index (χ0n) is 16.4. The van der Waals surface area contributed by atoms with Gasteiger partial charge < -0.3 is 10.1 Å². The Balaban J connectivity index is 1.47. The monoisotopic (exact) mass is 432 g/mol. The van der Waals surface area contributed by atoms with Crippen molar-refractivity contribution in [2.45, 2.75) is 31.5 Å². The number of carbonyl (C=O) groups excluding carboxylic acids is 1. The van der Waals surface area contributed by atoms with Crippen molar-refractivity contribution in [1.82, 2.24) is 20.1 Å². The van der Waals surface area contributed by atoms with Crippen LogP contribution < -0.4 is 10.1 Å². The summed E-state index contributed by atoms with van der Waals surface area (Å²) >= 11 is 1.32. The number of carbonyl (C=O) groups is 1. The number of para-hydroxylation sites is 1. The van der Waals surface area contributed by atoms with Gasteiger partial charge in [-0.05, 0) is 42.2 Å². The SMILES string of the molecule is CCc1ccccc1-n1cnnc1SCC(=O)NCCc1ccc(OC(F)F)cc1. The summed E-state index contributed by atoms with van der Waals surface area (Å²) in [6, 6.07) is 14.4. The van der Waals surface area contributed by atoms with Crippen LogP contribution in [-0.2, 0) is 17.6 Å². The van der Waals surface area contributed by atoms with Gasteiger partial charge in [0, 0.05) is 6.54 Å². The minimum absolute atomic E-state index is 0.114. The minimum atomic E-state index is -2.84. The third kappa shape index (κ3) is 6.03. The van der Waals surface area contributed by atoms with E-state index in [-0.39, 0.29) is 17.4 Å². The van der Waals surface area contributed by atoms with Crippen molar-refractivity contribution in [3.8, 4) is 11.4 Å². The predicted molar refractivity (Wildman–Crippen MR) is 111 cm³/mol. The number of ether oxygens (including phenoxy) is 1. The fourth-order valence-corrected chi connectivity index (χ4v) is 3.65. The van der Waals surface area contributed by atoms with Crippen LogP contribution in [0.1, 0.15) is 18.1 Å². The lowest BCUT2D eigenvalue weighted by molar-refractivity contribution is -0.118. The number of alkyl halides is 2. The van der Waals surface area contributed by atoms with Crippen molar-refractivity contribution in [1.29, 1.82) is 0 Å². The van der Waals surface area contributed by atoms with E-state index in [1.807, 2.05) is 22.8 Å². The largest absolute Gasteiger partial charge is 0.435 e. The Bertz CT molecular complexity index is 964. The number of aromatic nitrogens is 3. The van der Waals surface area contributed by atoms with Gasteiger partial charge in [0.1, 0.15) is 12.1 Å². The molecular weight excluding hydrogens is 410 g/mol. The van der Waals surface area contributed by atoms with Gasteiger partial charge in [0.2, 0.25) is 5.91 Å². The highest BCUT2D eigenvalue weighted by atomic mass is 32.2. The van der Waals surface area contributed by atoms with Crippen LogP contribution in [0.15, 0.2) is 60.0 Å². The van der Waals surface area contributed by atoms with Gasteiger partial charge in [-0.1, -0.05) is 49.0 Å². The van der Waals surface area contributed by atoms with Crippen molar-refractivity contribution >= 4 is 17.7 Å². The van der Waals surface area contributed by atoms with Gasteiger partial charge in [0.25, 0.3) is 0 Å². The lowest BCUT2D eigenvalue weighted by Crippen LogP contribution is -2.27. The molecular formula is C21H22F2N4O2S. The van der Waals surface area contributed by atoms with E-state index in [0.29, 0.717) is 18.1 Å². The number of hydrogen-bond donors (Lipinski definition) is 1. The average Bonchev–Trinajstić information content (AvgIpc) is 3.21. The molecule has 0 saturated heterocycles. The molecule has 0 saturated carbocycles. The second kappa shape index (κ2) is 10.7. The molecule has 0 bridgehead atoms. The van der Waals surface area contributed by atoms with Gasteiger partial charge in [-0.15, -0.1) is 10.2 Å². The van der Waals surface area contributed by atoms with E-state index in [1.165, 1.54) is 29.5 Å². The summed E-state index contributed by atoms with van der Waals surface area (Å²) in [6.07, 6.45) is 3.12. The Hall–Kier alpha value is -2.94. The molecule has 158 valence electrons. The highest BCUT2D eigenvalue weighted by Crippen LogP contribution is 2.22. The first-order chi connectivity index (χ1) is 14.6. The molecule has 1 heterocycles. The molecule has 3 rings (SSSR count). The van der Waals surface area contributed by atoms with Crippen LogP contribution in [0.4, 0.5) is 8.78 Å². The molecule has 6 nitrogen and oxygen atoms in total. The molecule has 0 fully saturated rings. The van der Waals surface area contributed by atoms with Crippen molar-refractivity contribution in [2.75, 3.05) is 12.3 Å². The van der Waals surface area contributed by atoms with Crippen LogP contribution in [-0.4, -0.2) is 39.6 Å². The van der Waals surface area contributed by atoms with Crippen molar-refractivity contribution in [3.05, 3.63) is 66.0 Å². The summed E-state index contributed by atoms with van der Waals surface area (Å²) in [6.45, 7) is -0.309. The highest BCUT2D eigenvalue weighted by Gasteiger charge is 2.12. The third-order valence-electron chi connectivity index (χ3n) is 4.37. The molecule has 1 N–H and O–H groups in total. The average molecular weight is 432 g/mol. The fraction of sp³-hybridized carbons (Fsp3) is 0.286. The number of halogens is 2. The van der Waals surface area contributed by atoms with Crippen LogP contribution in [0.25, 0.3) is 5.69 Å². The van der Waals surface area contributed by atoms with E-state index < -0.39 is 6.61 Å². The number of rotatable bonds is 10. The number of hydrogen-bond acceptors (Lipinski definition) is 5. The molecule has 9 heteroatoms. The number of amides is 1. The third-order valence-corrected chi connectivity index (χ3v) is 5.31. The first kappa shape index (κ1) is 21.8. The normalized spacial score (nSPS) is 10.9. The summed E-state index contributed by atoms with van der Waals surface area (Å²) in [7, 11) is 0. The van der Waals surface area contributed by atoms with Gasteiger partial charge in [-0.2, -0.15) is 8.78 Å². The first-order valence-electron chi connectivity index (χ1n) is 9.48. The van der Waals surface area contributed by atoms with E-state index in [2.05, 4.69) is 33.2 Å². The van der Waals surface area contributed by atoms with Gasteiger partial charge in [-0.25, -0.2) is 0 Å². The van der Waals surface area contributed by atoms with Crippen LogP contribution in [0.5, 0.6) is 5.75 Å². The van der Waals surface area contributed by atoms with Gasteiger partial charge in [0.15, 0.2) is 5.16 Å². The van der Waals surface area contributed by atoms with E-state index in [9.17, 15) is 13.6 Å². The zero-order chi connectivity index (χ0) is 21.3. The molecule has 1 aromatic heterocycles. The predicted octanol–water partition coefficient (Wildman–Crippen LogP) is 3.88. The Kier molecular flexibility index (Phi) is 7.78. The molecule has 2 aromatic carbocycles. The zero-order valence-corrected chi connectivity index (χ0v) is 17.2. The van der Waals surface area contributed by atoms with Gasteiger partial charge in [-0.3, -0.25) is 9.36 Å². The highest BCUT2D eigenvalue weighted by molar-refractivity contribution is 7.99. The molecule has 30 heavy (non-hydrogen) atoms. The van der Waals surface area contributed by atoms with Gasteiger partial charge in [0.05, 0.1) is 11.4 Å². The Morgan fingerprint density at radius 3 is 2.70 bits per heavy atom. The maximum Gasteiger partial charge on any atom is 0.387 e. The lowest BCUT2D eigenvalue weighted by Gasteiger charge is -2.10. The molecule has 0 radical (unpaired) electrons. The minimum Gasteiger partial charge on any atom is -0.435 e. The topological polar surface area (TPSA) is 69.0 Å². The standard InChI is InChI=1S/C21H22F2N4O2S/c1-2-16-5-3-4-6-18(16)27-14-25-26-21(27)30-13-19(28)24-12-11-15-7-9-17(10-8-15)29-20(22)23/h3-10,14,20H,2,11-13H2,1H3,(H,24,28). The van der Waals surface area contributed by atoms with E-state index in [0.717, 1.165) is 17.7 Å². The van der Waals surface area contributed by atoms with E-state index in [1.54, 1.807) is 18.5 Å². The number of nitrogens with one attached hydrogen (secondary N) is 1. The number of nitrogens with zero attached hydrogens (tertiary/aromatic N) is 3. The van der Waals surface area contributed by atoms with Crippen LogP contribution in [0, 0.1) is 0 Å². The molecule has 0 spiro atoms. The molecule has 0 aliphatic heterocycles.